The van der Waals surface area contributed by atoms with Crippen molar-refractivity contribution in [3.63, 3.8) is 0 Å². The number of hydrogen-bond donors (Lipinski definition) is 0. The number of fused-ring (bicyclic) bond motifs is 4. The highest BCUT2D eigenvalue weighted by Crippen LogP contribution is 2.47. The van der Waals surface area contributed by atoms with Gasteiger partial charge in [0.15, 0.2) is 12.1 Å². The van der Waals surface area contributed by atoms with Crippen LogP contribution < -0.4 is 4.52 Å². The summed E-state index contributed by atoms with van der Waals surface area (Å²) in [6, 6.07) is 14.9. The van der Waals surface area contributed by atoms with Gasteiger partial charge in [-0.2, -0.15) is 0 Å². The molecule has 0 spiro atoms. The predicted octanol–water partition coefficient (Wildman–Crippen LogP) is 10.6. The van der Waals surface area contributed by atoms with E-state index in [1.807, 2.05) is 32.0 Å². The zero-order valence-electron chi connectivity index (χ0n) is 29.4. The number of benzene rings is 3. The van der Waals surface area contributed by atoms with Crippen molar-refractivity contribution in [1.29, 1.82) is 0 Å². The van der Waals surface area contributed by atoms with E-state index < -0.39 is 32.5 Å². The zero-order chi connectivity index (χ0) is 33.3. The maximum atomic E-state index is 7.03. The number of hydrogen-bond acceptors (Lipinski definition) is 7. The highest BCUT2D eigenvalue weighted by molar-refractivity contribution is 7.99. The Kier molecular flexibility index (Phi) is 8.79. The monoisotopic (exact) mass is 664 g/mol. The molecule has 1 aromatic heterocycles. The molecule has 3 aromatic carbocycles. The Morgan fingerprint density at radius 3 is 1.80 bits per heavy atom. The van der Waals surface area contributed by atoms with Crippen molar-refractivity contribution in [2.75, 3.05) is 5.75 Å². The number of rotatable bonds is 5. The molecule has 0 aliphatic carbocycles. The fraction of sp³-hybridized carbons (Fsp3) is 0.526. The lowest BCUT2D eigenvalue weighted by molar-refractivity contribution is -0.209. The Labute approximate surface area is 279 Å². The van der Waals surface area contributed by atoms with Gasteiger partial charge in [0.25, 0.3) is 0 Å². The van der Waals surface area contributed by atoms with Gasteiger partial charge in [-0.25, -0.2) is 0 Å². The van der Waals surface area contributed by atoms with Crippen LogP contribution in [0.3, 0.4) is 0 Å². The Balaban J connectivity index is 1.59. The van der Waals surface area contributed by atoms with Crippen LogP contribution in [0.2, 0.25) is 0 Å². The third-order valence-corrected chi connectivity index (χ3v) is 11.4. The fourth-order valence-electron chi connectivity index (χ4n) is 6.50. The minimum Gasteiger partial charge on any atom is -0.399 e. The van der Waals surface area contributed by atoms with Gasteiger partial charge >= 0.3 is 8.24 Å². The van der Waals surface area contributed by atoms with Crippen LogP contribution in [0, 0.1) is 27.7 Å². The minimum absolute atomic E-state index is 0.179. The maximum Gasteiger partial charge on any atom is 0.387 e. The average Bonchev–Trinajstić information content (AvgIpc) is 3.35. The summed E-state index contributed by atoms with van der Waals surface area (Å²) in [6.45, 7) is 26.0. The van der Waals surface area contributed by atoms with Crippen molar-refractivity contribution >= 4 is 41.9 Å². The average molecular weight is 665 g/mol. The van der Waals surface area contributed by atoms with Gasteiger partial charge in [0.05, 0.1) is 0 Å². The van der Waals surface area contributed by atoms with Gasteiger partial charge < -0.3 is 22.6 Å². The van der Waals surface area contributed by atoms with Gasteiger partial charge in [0.1, 0.15) is 29.5 Å². The lowest BCUT2D eigenvalue weighted by Crippen LogP contribution is -2.39. The molecule has 2 saturated heterocycles. The molecule has 6 nitrogen and oxygen atoms in total. The van der Waals surface area contributed by atoms with Crippen molar-refractivity contribution in [3.8, 4) is 0 Å². The van der Waals surface area contributed by atoms with Crippen LogP contribution in [-0.2, 0) is 25.0 Å². The Bertz CT molecular complexity index is 1730. The van der Waals surface area contributed by atoms with E-state index in [4.69, 9.17) is 27.1 Å². The summed E-state index contributed by atoms with van der Waals surface area (Å²) in [5, 5.41) is 2.19. The van der Waals surface area contributed by atoms with Crippen molar-refractivity contribution in [3.05, 3.63) is 75.8 Å². The van der Waals surface area contributed by atoms with Gasteiger partial charge in [-0.1, -0.05) is 71.9 Å². The van der Waals surface area contributed by atoms with Crippen LogP contribution in [0.1, 0.15) is 88.8 Å². The Hall–Kier alpha value is -2.25. The first-order valence-electron chi connectivity index (χ1n) is 16.3. The van der Waals surface area contributed by atoms with Gasteiger partial charge in [0.2, 0.25) is 0 Å². The predicted molar refractivity (Wildman–Crippen MR) is 189 cm³/mol. The lowest BCUT2D eigenvalue weighted by atomic mass is 9.81. The van der Waals surface area contributed by atoms with Gasteiger partial charge in [-0.05, 0) is 86.8 Å². The second-order valence-corrected chi connectivity index (χ2v) is 17.5. The summed E-state index contributed by atoms with van der Waals surface area (Å²) in [7, 11) is -1.92. The van der Waals surface area contributed by atoms with Crippen LogP contribution in [0.15, 0.2) is 55.8 Å². The van der Waals surface area contributed by atoms with Gasteiger partial charge in [-0.15, -0.1) is 11.8 Å². The summed E-state index contributed by atoms with van der Waals surface area (Å²) >= 11 is 1.73. The van der Waals surface area contributed by atoms with Gasteiger partial charge in [-0.3, -0.25) is 4.52 Å². The SMILES string of the molecule is Cc1cc(C(C)(C)C)c2op(O[C@@H]3[C@H]4OC(C)(C)O[C@H]4O[C@@H]3CSc3ccccc3)oc3c(C(C)(C)C)cc(C)c(C)c3c2c1C. The highest BCUT2D eigenvalue weighted by Gasteiger charge is 2.56. The Morgan fingerprint density at radius 2 is 1.30 bits per heavy atom. The third-order valence-electron chi connectivity index (χ3n) is 9.25. The summed E-state index contributed by atoms with van der Waals surface area (Å²) in [4.78, 5) is 1.17. The molecule has 248 valence electrons. The van der Waals surface area contributed by atoms with Crippen molar-refractivity contribution in [1.82, 2.24) is 0 Å². The molecule has 6 rings (SSSR count). The number of ether oxygens (including phenoxy) is 3. The highest BCUT2D eigenvalue weighted by atomic mass is 32.2. The molecule has 2 aliphatic rings. The molecule has 4 atom stereocenters. The van der Waals surface area contributed by atoms with Crippen molar-refractivity contribution < 1.29 is 27.1 Å². The molecule has 8 heteroatoms. The molecule has 2 fully saturated rings. The van der Waals surface area contributed by atoms with Crippen molar-refractivity contribution in [2.45, 2.75) is 129 Å². The molecular formula is C38H49O6PS. The fourth-order valence-corrected chi connectivity index (χ4v) is 8.73. The van der Waals surface area contributed by atoms with E-state index >= 15 is 0 Å². The van der Waals surface area contributed by atoms with Crippen LogP contribution in [0.5, 0.6) is 0 Å². The van der Waals surface area contributed by atoms with Crippen molar-refractivity contribution in [2.24, 2.45) is 0 Å². The molecule has 0 N–H and O–H groups in total. The second kappa shape index (κ2) is 12.0. The van der Waals surface area contributed by atoms with E-state index in [9.17, 15) is 0 Å². The Morgan fingerprint density at radius 1 is 0.783 bits per heavy atom. The number of aryl methyl sites for hydroxylation is 4. The molecule has 0 saturated carbocycles. The first-order chi connectivity index (χ1) is 21.4. The first kappa shape index (κ1) is 33.6. The standard InChI is InChI=1S/C38H49O6PS/c1-21-18-26(36(5,6)7)31-29(23(21)3)30-24(4)22(2)19-27(37(8,9)10)32(30)43-45(42-31)44-33-28(20-46-25-16-14-13-15-17-25)39-35-34(33)40-38(11,12)41-35/h13-19,28,33-35H,20H2,1-12H3/t28-,33+,34-,35-/m1/s1. The molecule has 0 amide bonds. The summed E-state index contributed by atoms with van der Waals surface area (Å²) < 4.78 is 40.2. The topological polar surface area (TPSA) is 63.2 Å². The zero-order valence-corrected chi connectivity index (χ0v) is 31.1. The molecule has 46 heavy (non-hydrogen) atoms. The molecule has 0 bridgehead atoms. The lowest BCUT2D eigenvalue weighted by Gasteiger charge is -2.25. The van der Waals surface area contributed by atoms with E-state index in [0.29, 0.717) is 5.75 Å². The molecule has 4 aromatic rings. The van der Waals surface area contributed by atoms with E-state index in [1.54, 1.807) is 11.8 Å². The van der Waals surface area contributed by atoms with Crippen LogP contribution in [0.25, 0.3) is 21.9 Å². The summed E-state index contributed by atoms with van der Waals surface area (Å²) in [5.74, 6) is -0.115. The van der Waals surface area contributed by atoms with Crippen LogP contribution >= 0.6 is 20.0 Å². The first-order valence-corrected chi connectivity index (χ1v) is 18.3. The normalized spacial score (nSPS) is 23.0. The molecule has 3 heterocycles. The largest absolute Gasteiger partial charge is 0.399 e. The second-order valence-electron chi connectivity index (χ2n) is 15.4. The quantitative estimate of drug-likeness (QED) is 0.197. The van der Waals surface area contributed by atoms with E-state index in [-0.39, 0.29) is 16.9 Å². The van der Waals surface area contributed by atoms with Gasteiger partial charge in [0, 0.05) is 32.5 Å². The smallest absolute Gasteiger partial charge is 0.387 e. The number of thioether (sulfide) groups is 1. The van der Waals surface area contributed by atoms with Crippen LogP contribution in [-0.4, -0.2) is 36.1 Å². The van der Waals surface area contributed by atoms with Crippen LogP contribution in [0.4, 0.5) is 0 Å². The molecule has 0 unspecified atom stereocenters. The minimum atomic E-state index is -1.92. The summed E-state index contributed by atoms with van der Waals surface area (Å²) in [5.41, 5.74) is 8.42. The van der Waals surface area contributed by atoms with E-state index in [0.717, 1.165) is 33.1 Å². The van der Waals surface area contributed by atoms with E-state index in [1.165, 1.54) is 27.1 Å². The summed E-state index contributed by atoms with van der Waals surface area (Å²) in [6.07, 6.45) is -1.71. The molecule has 0 radical (unpaired) electrons. The molecular weight excluding hydrogens is 615 g/mol. The third kappa shape index (κ3) is 6.32. The molecule has 2 aliphatic heterocycles. The van der Waals surface area contributed by atoms with E-state index in [2.05, 4.69) is 93.5 Å². The maximum absolute atomic E-state index is 7.03.